The van der Waals surface area contributed by atoms with E-state index in [9.17, 15) is 14.4 Å². The van der Waals surface area contributed by atoms with E-state index in [-0.39, 0.29) is 17.4 Å². The van der Waals surface area contributed by atoms with E-state index in [0.717, 1.165) is 25.9 Å². The second kappa shape index (κ2) is 6.52. The van der Waals surface area contributed by atoms with Crippen molar-refractivity contribution in [1.82, 2.24) is 14.8 Å². The molecule has 27 heavy (non-hydrogen) atoms. The Morgan fingerprint density at radius 1 is 1.33 bits per heavy atom. The van der Waals surface area contributed by atoms with Gasteiger partial charge in [-0.05, 0) is 51.0 Å². The molecule has 1 aromatic rings. The third kappa shape index (κ3) is 3.14. The Bertz CT molecular complexity index is 895. The van der Waals surface area contributed by atoms with E-state index in [0.29, 0.717) is 36.7 Å². The van der Waals surface area contributed by atoms with Gasteiger partial charge in [0.25, 0.3) is 11.5 Å². The van der Waals surface area contributed by atoms with Crippen molar-refractivity contribution in [3.05, 3.63) is 33.2 Å². The molecule has 7 nitrogen and oxygen atoms in total. The minimum Gasteiger partial charge on any atom is -0.342 e. The number of aromatic amines is 1. The second-order valence-electron chi connectivity index (χ2n) is 8.22. The van der Waals surface area contributed by atoms with Crippen LogP contribution in [0.3, 0.4) is 0 Å². The molecule has 2 aliphatic heterocycles. The number of amides is 2. The number of carbonyl (C=O) groups is 2. The van der Waals surface area contributed by atoms with Crippen molar-refractivity contribution in [2.45, 2.75) is 39.0 Å². The van der Waals surface area contributed by atoms with Gasteiger partial charge in [-0.15, -0.1) is 0 Å². The Morgan fingerprint density at radius 2 is 2.11 bits per heavy atom. The average Bonchev–Trinajstić information content (AvgIpc) is 3.36. The van der Waals surface area contributed by atoms with Crippen LogP contribution < -0.4 is 5.56 Å². The quantitative estimate of drug-likeness (QED) is 0.872. The molecule has 7 heteroatoms. The summed E-state index contributed by atoms with van der Waals surface area (Å²) < 4.78 is 0. The SMILES string of the molecule is Cc1[nH]c(=O)c(C#N)cc1C(=O)N1CC[C@]2(CCCN(CC3CC3)C2=O)C1. The van der Waals surface area contributed by atoms with Gasteiger partial charge in [-0.1, -0.05) is 0 Å². The van der Waals surface area contributed by atoms with Gasteiger partial charge in [-0.3, -0.25) is 14.4 Å². The van der Waals surface area contributed by atoms with E-state index in [1.165, 1.54) is 18.9 Å². The lowest BCUT2D eigenvalue weighted by atomic mass is 9.78. The number of piperidine rings is 1. The van der Waals surface area contributed by atoms with Crippen LogP contribution in [0, 0.1) is 29.6 Å². The van der Waals surface area contributed by atoms with E-state index >= 15 is 0 Å². The summed E-state index contributed by atoms with van der Waals surface area (Å²) in [5.41, 5.74) is -0.224. The van der Waals surface area contributed by atoms with Gasteiger partial charge in [0, 0.05) is 31.9 Å². The molecule has 1 saturated carbocycles. The zero-order valence-electron chi connectivity index (χ0n) is 15.6. The highest BCUT2D eigenvalue weighted by molar-refractivity contribution is 5.96. The average molecular weight is 368 g/mol. The predicted molar refractivity (Wildman–Crippen MR) is 98.0 cm³/mol. The molecule has 1 N–H and O–H groups in total. The minimum atomic E-state index is -0.484. The topological polar surface area (TPSA) is 97.3 Å². The summed E-state index contributed by atoms with van der Waals surface area (Å²) in [4.78, 5) is 44.2. The van der Waals surface area contributed by atoms with E-state index in [1.807, 2.05) is 11.0 Å². The fourth-order valence-electron chi connectivity index (χ4n) is 4.46. The molecule has 1 spiro atoms. The van der Waals surface area contributed by atoms with Crippen LogP contribution in [-0.2, 0) is 4.79 Å². The van der Waals surface area contributed by atoms with E-state index in [1.54, 1.807) is 11.8 Å². The zero-order valence-corrected chi connectivity index (χ0v) is 15.6. The minimum absolute atomic E-state index is 0.0674. The van der Waals surface area contributed by atoms with Crippen molar-refractivity contribution >= 4 is 11.8 Å². The van der Waals surface area contributed by atoms with E-state index in [4.69, 9.17) is 5.26 Å². The van der Waals surface area contributed by atoms with E-state index in [2.05, 4.69) is 4.98 Å². The van der Waals surface area contributed by atoms with Crippen molar-refractivity contribution in [3.8, 4) is 6.07 Å². The van der Waals surface area contributed by atoms with Crippen LogP contribution in [0.1, 0.15) is 53.7 Å². The lowest BCUT2D eigenvalue weighted by Gasteiger charge is -2.39. The highest BCUT2D eigenvalue weighted by Crippen LogP contribution is 2.42. The largest absolute Gasteiger partial charge is 0.342 e. The number of hydrogen-bond donors (Lipinski definition) is 1. The molecule has 3 aliphatic rings. The van der Waals surface area contributed by atoms with Crippen molar-refractivity contribution < 1.29 is 9.59 Å². The molecule has 3 heterocycles. The Morgan fingerprint density at radius 3 is 2.81 bits per heavy atom. The van der Waals surface area contributed by atoms with Crippen LogP contribution in [0.2, 0.25) is 0 Å². The molecule has 142 valence electrons. The molecule has 0 radical (unpaired) electrons. The van der Waals surface area contributed by atoms with Gasteiger partial charge in [-0.25, -0.2) is 0 Å². The molecule has 0 bridgehead atoms. The first-order valence-electron chi connectivity index (χ1n) is 9.66. The molecule has 1 aliphatic carbocycles. The van der Waals surface area contributed by atoms with Crippen LogP contribution in [0.4, 0.5) is 0 Å². The number of H-pyrrole nitrogens is 1. The van der Waals surface area contributed by atoms with Crippen molar-refractivity contribution in [3.63, 3.8) is 0 Å². The summed E-state index contributed by atoms with van der Waals surface area (Å²) in [5, 5.41) is 9.08. The van der Waals surface area contributed by atoms with Crippen LogP contribution in [0.5, 0.6) is 0 Å². The predicted octanol–water partition coefficient (Wildman–Crippen LogP) is 1.42. The number of pyridine rings is 1. The zero-order chi connectivity index (χ0) is 19.2. The molecule has 4 rings (SSSR count). The normalized spacial score (nSPS) is 25.1. The standard InChI is InChI=1S/C20H24N4O3/c1-13-16(9-15(10-21)17(25)22-13)18(26)24-8-6-20(12-24)5-2-7-23(19(20)27)11-14-3-4-14/h9,14H,2-8,11-12H2,1H3,(H,22,25)/t20-/m1/s1. The number of carbonyl (C=O) groups excluding carboxylic acids is 2. The molecule has 0 unspecified atom stereocenters. The maximum Gasteiger partial charge on any atom is 0.266 e. The molecule has 3 fully saturated rings. The number of nitriles is 1. The van der Waals surface area contributed by atoms with Gasteiger partial charge in [-0.2, -0.15) is 5.26 Å². The third-order valence-corrected chi connectivity index (χ3v) is 6.23. The number of nitrogens with one attached hydrogen (secondary N) is 1. The number of nitrogens with zero attached hydrogens (tertiary/aromatic N) is 3. The fraction of sp³-hybridized carbons (Fsp3) is 0.600. The first-order valence-corrected chi connectivity index (χ1v) is 9.66. The number of hydrogen-bond acceptors (Lipinski definition) is 4. The Labute approximate surface area is 158 Å². The number of aryl methyl sites for hydroxylation is 1. The van der Waals surface area contributed by atoms with Crippen molar-refractivity contribution in [2.24, 2.45) is 11.3 Å². The first kappa shape index (κ1) is 17.8. The van der Waals surface area contributed by atoms with Crippen molar-refractivity contribution in [2.75, 3.05) is 26.2 Å². The maximum atomic E-state index is 13.1. The first-order chi connectivity index (χ1) is 12.9. The summed E-state index contributed by atoms with van der Waals surface area (Å²) in [6, 6.07) is 3.19. The van der Waals surface area contributed by atoms with E-state index < -0.39 is 11.0 Å². The monoisotopic (exact) mass is 368 g/mol. The molecule has 0 aromatic carbocycles. The molecule has 2 amide bonds. The fourth-order valence-corrected chi connectivity index (χ4v) is 4.46. The Balaban J connectivity index is 1.54. The van der Waals surface area contributed by atoms with Gasteiger partial charge in [0.2, 0.25) is 5.91 Å². The second-order valence-corrected chi connectivity index (χ2v) is 8.22. The van der Waals surface area contributed by atoms with Crippen LogP contribution in [0.25, 0.3) is 0 Å². The molecule has 1 atom stereocenters. The molecular formula is C20H24N4O3. The van der Waals surface area contributed by atoms with Crippen molar-refractivity contribution in [1.29, 1.82) is 5.26 Å². The Kier molecular flexibility index (Phi) is 4.29. The molecular weight excluding hydrogens is 344 g/mol. The lowest BCUT2D eigenvalue weighted by Crippen LogP contribution is -2.51. The third-order valence-electron chi connectivity index (χ3n) is 6.23. The molecule has 1 aromatic heterocycles. The summed E-state index contributed by atoms with van der Waals surface area (Å²) in [6.07, 6.45) is 4.93. The maximum absolute atomic E-state index is 13.1. The summed E-state index contributed by atoms with van der Waals surface area (Å²) in [7, 11) is 0. The van der Waals surface area contributed by atoms with Crippen LogP contribution >= 0.6 is 0 Å². The van der Waals surface area contributed by atoms with Gasteiger partial charge in [0.1, 0.15) is 11.6 Å². The lowest BCUT2D eigenvalue weighted by molar-refractivity contribution is -0.145. The summed E-state index contributed by atoms with van der Waals surface area (Å²) in [5.74, 6) is 0.646. The van der Waals surface area contributed by atoms with Gasteiger partial charge < -0.3 is 14.8 Å². The van der Waals surface area contributed by atoms with Crippen LogP contribution in [0.15, 0.2) is 10.9 Å². The number of rotatable bonds is 3. The number of aromatic nitrogens is 1. The Hall–Kier alpha value is -2.62. The number of likely N-dealkylation sites (tertiary alicyclic amines) is 2. The highest BCUT2D eigenvalue weighted by atomic mass is 16.2. The summed E-state index contributed by atoms with van der Waals surface area (Å²) in [6.45, 7) is 4.30. The highest BCUT2D eigenvalue weighted by Gasteiger charge is 2.50. The van der Waals surface area contributed by atoms with Gasteiger partial charge in [0.05, 0.1) is 11.0 Å². The van der Waals surface area contributed by atoms with Gasteiger partial charge in [0.15, 0.2) is 0 Å². The van der Waals surface area contributed by atoms with Gasteiger partial charge >= 0.3 is 0 Å². The molecule has 2 saturated heterocycles. The summed E-state index contributed by atoms with van der Waals surface area (Å²) >= 11 is 0. The smallest absolute Gasteiger partial charge is 0.266 e. The van der Waals surface area contributed by atoms with Crippen LogP contribution in [-0.4, -0.2) is 52.8 Å².